The third-order valence-electron chi connectivity index (χ3n) is 2.92. The van der Waals surface area contributed by atoms with Crippen LogP contribution in [0.25, 0.3) is 0 Å². The highest BCUT2D eigenvalue weighted by atomic mass is 16.6. The molecule has 2 N–H and O–H groups in total. The molecule has 0 saturated carbocycles. The molecule has 1 rings (SSSR count). The van der Waals surface area contributed by atoms with Crippen LogP contribution in [0.15, 0.2) is 24.3 Å². The van der Waals surface area contributed by atoms with Crippen LogP contribution in [0.1, 0.15) is 39.2 Å². The molecule has 128 valence electrons. The number of hydrogen-bond acceptors (Lipinski definition) is 4. The Bertz CT molecular complexity index is 524. The lowest BCUT2D eigenvalue weighted by molar-refractivity contribution is -0.121. The Kier molecular flexibility index (Phi) is 7.38. The van der Waals surface area contributed by atoms with Crippen molar-refractivity contribution >= 4 is 12.0 Å². The van der Waals surface area contributed by atoms with E-state index in [9.17, 15) is 9.59 Å². The summed E-state index contributed by atoms with van der Waals surface area (Å²) in [6.45, 7) is 6.23. The Morgan fingerprint density at radius 3 is 2.48 bits per heavy atom. The van der Waals surface area contributed by atoms with Crippen molar-refractivity contribution in [2.75, 3.05) is 13.7 Å². The topological polar surface area (TPSA) is 76.7 Å². The third-order valence-corrected chi connectivity index (χ3v) is 2.92. The molecule has 0 atom stereocenters. The number of ether oxygens (including phenoxy) is 2. The maximum atomic E-state index is 11.8. The smallest absolute Gasteiger partial charge is 0.407 e. The van der Waals surface area contributed by atoms with Crippen molar-refractivity contribution in [1.29, 1.82) is 0 Å². The summed E-state index contributed by atoms with van der Waals surface area (Å²) in [5.41, 5.74) is 0.408. The van der Waals surface area contributed by atoms with Gasteiger partial charge >= 0.3 is 6.09 Å². The second kappa shape index (κ2) is 9.02. The summed E-state index contributed by atoms with van der Waals surface area (Å²) in [6.07, 6.45) is 0.425. The van der Waals surface area contributed by atoms with Gasteiger partial charge in [0.05, 0.1) is 7.11 Å². The highest BCUT2D eigenvalue weighted by Gasteiger charge is 2.15. The molecule has 6 nitrogen and oxygen atoms in total. The highest BCUT2D eigenvalue weighted by Crippen LogP contribution is 2.16. The number of nitrogens with one attached hydrogen (secondary N) is 2. The van der Waals surface area contributed by atoms with Gasteiger partial charge in [0, 0.05) is 25.1 Å². The summed E-state index contributed by atoms with van der Waals surface area (Å²) >= 11 is 0. The predicted molar refractivity (Wildman–Crippen MR) is 88.3 cm³/mol. The lowest BCUT2D eigenvalue weighted by Gasteiger charge is -2.19. The summed E-state index contributed by atoms with van der Waals surface area (Å²) < 4.78 is 10.3. The quantitative estimate of drug-likeness (QED) is 0.757. The van der Waals surface area contributed by atoms with Crippen molar-refractivity contribution in [2.24, 2.45) is 0 Å². The lowest BCUT2D eigenvalue weighted by Crippen LogP contribution is -2.33. The average molecular weight is 322 g/mol. The number of rotatable bonds is 7. The van der Waals surface area contributed by atoms with Crippen molar-refractivity contribution in [1.82, 2.24) is 10.6 Å². The van der Waals surface area contributed by atoms with Crippen LogP contribution < -0.4 is 15.4 Å². The Balaban J connectivity index is 2.21. The zero-order valence-corrected chi connectivity index (χ0v) is 14.3. The molecule has 1 aromatic rings. The van der Waals surface area contributed by atoms with Gasteiger partial charge in [-0.1, -0.05) is 18.2 Å². The van der Waals surface area contributed by atoms with E-state index >= 15 is 0 Å². The summed E-state index contributed by atoms with van der Waals surface area (Å²) in [5.74, 6) is 0.682. The molecule has 0 fully saturated rings. The Morgan fingerprint density at radius 2 is 1.83 bits per heavy atom. The molecule has 0 heterocycles. The zero-order chi connectivity index (χ0) is 17.3. The van der Waals surface area contributed by atoms with E-state index in [2.05, 4.69) is 10.6 Å². The zero-order valence-electron chi connectivity index (χ0n) is 14.3. The van der Waals surface area contributed by atoms with E-state index in [0.29, 0.717) is 25.9 Å². The summed E-state index contributed by atoms with van der Waals surface area (Å²) in [7, 11) is 1.60. The SMILES string of the molecule is COc1ccccc1CNC(=O)CCCNC(=O)OC(C)(C)C. The fourth-order valence-electron chi connectivity index (χ4n) is 1.88. The number of methoxy groups -OCH3 is 1. The van der Waals surface area contributed by atoms with Gasteiger partial charge in [-0.15, -0.1) is 0 Å². The van der Waals surface area contributed by atoms with Crippen molar-refractivity contribution in [3.05, 3.63) is 29.8 Å². The van der Waals surface area contributed by atoms with E-state index in [1.54, 1.807) is 27.9 Å². The normalized spacial score (nSPS) is 10.8. The van der Waals surface area contributed by atoms with Crippen molar-refractivity contribution in [2.45, 2.75) is 45.8 Å². The molecule has 23 heavy (non-hydrogen) atoms. The molecule has 0 unspecified atom stereocenters. The average Bonchev–Trinajstić information content (AvgIpc) is 2.48. The molecule has 0 saturated heterocycles. The number of alkyl carbamates (subject to hydrolysis) is 1. The molecular weight excluding hydrogens is 296 g/mol. The van der Waals surface area contributed by atoms with Gasteiger partial charge in [-0.3, -0.25) is 4.79 Å². The van der Waals surface area contributed by atoms with Gasteiger partial charge in [0.2, 0.25) is 5.91 Å². The fraction of sp³-hybridized carbons (Fsp3) is 0.529. The van der Waals surface area contributed by atoms with Gasteiger partial charge in [0.25, 0.3) is 0 Å². The Labute approximate surface area is 137 Å². The van der Waals surface area contributed by atoms with Crippen LogP contribution in [0, 0.1) is 0 Å². The lowest BCUT2D eigenvalue weighted by atomic mass is 10.2. The first-order valence-corrected chi connectivity index (χ1v) is 7.67. The van der Waals surface area contributed by atoms with Gasteiger partial charge in [-0.05, 0) is 33.3 Å². The first-order chi connectivity index (χ1) is 10.8. The van der Waals surface area contributed by atoms with Crippen LogP contribution in [0.5, 0.6) is 5.75 Å². The number of hydrogen-bond donors (Lipinski definition) is 2. The molecule has 1 aromatic carbocycles. The van der Waals surface area contributed by atoms with E-state index in [-0.39, 0.29) is 5.91 Å². The first kappa shape index (κ1) is 18.8. The largest absolute Gasteiger partial charge is 0.496 e. The second-order valence-electron chi connectivity index (χ2n) is 6.12. The standard InChI is InChI=1S/C17H26N2O4/c1-17(2,3)23-16(21)18-11-7-10-15(20)19-12-13-8-5-6-9-14(13)22-4/h5-6,8-9H,7,10-12H2,1-4H3,(H,18,21)(H,19,20). The second-order valence-corrected chi connectivity index (χ2v) is 6.12. The van der Waals surface area contributed by atoms with Gasteiger partial charge in [-0.25, -0.2) is 4.79 Å². The monoisotopic (exact) mass is 322 g/mol. The molecule has 0 radical (unpaired) electrons. The minimum absolute atomic E-state index is 0.0677. The van der Waals surface area contributed by atoms with Crippen molar-refractivity contribution in [3.63, 3.8) is 0 Å². The number of carbonyl (C=O) groups excluding carboxylic acids is 2. The Hall–Kier alpha value is -2.24. The van der Waals surface area contributed by atoms with Crippen molar-refractivity contribution < 1.29 is 19.1 Å². The number of para-hydroxylation sites is 1. The van der Waals surface area contributed by atoms with Crippen LogP contribution in [0.2, 0.25) is 0 Å². The van der Waals surface area contributed by atoms with Crippen LogP contribution in [-0.2, 0) is 16.1 Å². The van der Waals surface area contributed by atoms with Crippen molar-refractivity contribution in [3.8, 4) is 5.75 Å². The van der Waals surface area contributed by atoms with Crippen LogP contribution in [0.4, 0.5) is 4.79 Å². The molecule has 2 amide bonds. The van der Waals surface area contributed by atoms with E-state index < -0.39 is 11.7 Å². The molecule has 0 aromatic heterocycles. The number of benzene rings is 1. The summed E-state index contributed by atoms with van der Waals surface area (Å²) in [5, 5.41) is 5.46. The number of amides is 2. The maximum absolute atomic E-state index is 11.8. The maximum Gasteiger partial charge on any atom is 0.407 e. The van der Waals surface area contributed by atoms with Gasteiger partial charge < -0.3 is 20.1 Å². The van der Waals surface area contributed by atoms with Gasteiger partial charge in [-0.2, -0.15) is 0 Å². The van der Waals surface area contributed by atoms with Gasteiger partial charge in [0.1, 0.15) is 11.4 Å². The van der Waals surface area contributed by atoms with Gasteiger partial charge in [0.15, 0.2) is 0 Å². The molecule has 0 aliphatic rings. The number of carbonyl (C=O) groups is 2. The summed E-state index contributed by atoms with van der Waals surface area (Å²) in [6, 6.07) is 7.54. The fourth-order valence-corrected chi connectivity index (χ4v) is 1.88. The van der Waals surface area contributed by atoms with Crippen LogP contribution >= 0.6 is 0 Å². The molecule has 0 aliphatic heterocycles. The minimum atomic E-state index is -0.518. The first-order valence-electron chi connectivity index (χ1n) is 7.67. The molecule has 0 aliphatic carbocycles. The van der Waals surface area contributed by atoms with Crippen LogP contribution in [-0.4, -0.2) is 31.3 Å². The van der Waals surface area contributed by atoms with Crippen LogP contribution in [0.3, 0.4) is 0 Å². The molecule has 0 spiro atoms. The Morgan fingerprint density at radius 1 is 1.13 bits per heavy atom. The molecule has 6 heteroatoms. The van der Waals surface area contributed by atoms with E-state index in [0.717, 1.165) is 11.3 Å². The van der Waals surface area contributed by atoms with E-state index in [1.807, 2.05) is 24.3 Å². The molecule has 0 bridgehead atoms. The predicted octanol–water partition coefficient (Wildman–Crippen LogP) is 2.62. The molecular formula is C17H26N2O4. The highest BCUT2D eigenvalue weighted by molar-refractivity contribution is 5.76. The minimum Gasteiger partial charge on any atom is -0.496 e. The van der Waals surface area contributed by atoms with E-state index in [4.69, 9.17) is 9.47 Å². The third kappa shape index (κ3) is 8.09. The van der Waals surface area contributed by atoms with E-state index in [1.165, 1.54) is 0 Å². The summed E-state index contributed by atoms with van der Waals surface area (Å²) in [4.78, 5) is 23.2.